The van der Waals surface area contributed by atoms with E-state index in [9.17, 15) is 9.59 Å². The van der Waals surface area contributed by atoms with Crippen LogP contribution in [0.15, 0.2) is 29.5 Å². The van der Waals surface area contributed by atoms with Gasteiger partial charge in [-0.15, -0.1) is 0 Å². The second-order valence-electron chi connectivity index (χ2n) is 7.88. The van der Waals surface area contributed by atoms with Crippen LogP contribution in [0.1, 0.15) is 35.3 Å². The molecule has 29 heavy (non-hydrogen) atoms. The molecule has 1 aliphatic rings. The zero-order valence-corrected chi connectivity index (χ0v) is 17.8. The second kappa shape index (κ2) is 9.37. The summed E-state index contributed by atoms with van der Waals surface area (Å²) in [6, 6.07) is 1.82. The summed E-state index contributed by atoms with van der Waals surface area (Å²) >= 11 is 0. The lowest BCUT2D eigenvalue weighted by Gasteiger charge is -2.28. The van der Waals surface area contributed by atoms with Crippen LogP contribution in [0.25, 0.3) is 0 Å². The van der Waals surface area contributed by atoms with Gasteiger partial charge in [0.05, 0.1) is 19.4 Å². The average molecular weight is 402 g/mol. The van der Waals surface area contributed by atoms with Crippen molar-refractivity contribution in [2.45, 2.75) is 39.9 Å². The zero-order chi connectivity index (χ0) is 21.0. The molecule has 0 radical (unpaired) electrons. The van der Waals surface area contributed by atoms with Crippen molar-refractivity contribution in [2.24, 2.45) is 7.05 Å². The summed E-state index contributed by atoms with van der Waals surface area (Å²) in [7, 11) is 1.85. The summed E-state index contributed by atoms with van der Waals surface area (Å²) in [4.78, 5) is 30.5. The molecule has 1 fully saturated rings. The van der Waals surface area contributed by atoms with Gasteiger partial charge in [0, 0.05) is 63.8 Å². The molecule has 2 aromatic heterocycles. The summed E-state index contributed by atoms with van der Waals surface area (Å²) in [5.41, 5.74) is 1.68. The van der Waals surface area contributed by atoms with Crippen LogP contribution >= 0.6 is 0 Å². The minimum absolute atomic E-state index is 0.0384. The molecule has 3 rings (SSSR count). The summed E-state index contributed by atoms with van der Waals surface area (Å²) in [5.74, 6) is -0.230. The number of pyridine rings is 1. The standard InChI is InChI=1S/C21H31N5O3/c1-16(2)26(15-18-13-22-23(4)14-18)21(28)19-17(3)5-6-25(20(19)27)8-7-24-9-11-29-12-10-24/h5-6,13-14,16H,7-12,15H2,1-4H3. The van der Waals surface area contributed by atoms with E-state index in [2.05, 4.69) is 10.00 Å². The largest absolute Gasteiger partial charge is 0.379 e. The lowest BCUT2D eigenvalue weighted by Crippen LogP contribution is -2.42. The number of nitrogens with zero attached hydrogens (tertiary/aromatic N) is 5. The smallest absolute Gasteiger partial charge is 0.263 e. The first-order valence-electron chi connectivity index (χ1n) is 10.2. The Balaban J connectivity index is 1.81. The maximum absolute atomic E-state index is 13.4. The number of rotatable bonds is 7. The van der Waals surface area contributed by atoms with Crippen molar-refractivity contribution in [3.8, 4) is 0 Å². The molecule has 1 aliphatic heterocycles. The highest BCUT2D eigenvalue weighted by Gasteiger charge is 2.25. The van der Waals surface area contributed by atoms with Crippen molar-refractivity contribution < 1.29 is 9.53 Å². The Labute approximate surface area is 171 Å². The van der Waals surface area contributed by atoms with Crippen molar-refractivity contribution in [1.29, 1.82) is 0 Å². The summed E-state index contributed by atoms with van der Waals surface area (Å²) in [5, 5.41) is 4.18. The van der Waals surface area contributed by atoms with E-state index >= 15 is 0 Å². The molecule has 0 N–H and O–H groups in total. The lowest BCUT2D eigenvalue weighted by molar-refractivity contribution is 0.0362. The Hall–Kier alpha value is -2.45. The minimum Gasteiger partial charge on any atom is -0.379 e. The molecule has 2 aromatic rings. The normalized spacial score (nSPS) is 15.1. The highest BCUT2D eigenvalue weighted by molar-refractivity contribution is 5.95. The second-order valence-corrected chi connectivity index (χ2v) is 7.88. The van der Waals surface area contributed by atoms with E-state index in [-0.39, 0.29) is 23.1 Å². The van der Waals surface area contributed by atoms with Crippen LogP contribution in [-0.4, -0.2) is 68.9 Å². The van der Waals surface area contributed by atoms with Crippen molar-refractivity contribution >= 4 is 5.91 Å². The number of carbonyl (C=O) groups excluding carboxylic acids is 1. The van der Waals surface area contributed by atoms with Gasteiger partial charge < -0.3 is 14.2 Å². The van der Waals surface area contributed by atoms with Crippen LogP contribution in [0.2, 0.25) is 0 Å². The van der Waals surface area contributed by atoms with Crippen LogP contribution in [0, 0.1) is 6.92 Å². The number of aromatic nitrogens is 3. The SMILES string of the molecule is Cc1ccn(CCN2CCOCC2)c(=O)c1C(=O)N(Cc1cnn(C)c1)C(C)C. The van der Waals surface area contributed by atoms with Crippen molar-refractivity contribution in [1.82, 2.24) is 24.1 Å². The van der Waals surface area contributed by atoms with Gasteiger partial charge in [0.2, 0.25) is 0 Å². The van der Waals surface area contributed by atoms with Crippen molar-refractivity contribution in [3.63, 3.8) is 0 Å². The fraction of sp³-hybridized carbons (Fsp3) is 0.571. The molecular formula is C21H31N5O3. The Kier molecular flexibility index (Phi) is 6.87. The summed E-state index contributed by atoms with van der Waals surface area (Å²) in [6.45, 7) is 10.7. The number of morpholine rings is 1. The van der Waals surface area contributed by atoms with Crippen LogP contribution in [-0.2, 0) is 24.9 Å². The number of hydrogen-bond donors (Lipinski definition) is 0. The number of carbonyl (C=O) groups is 1. The highest BCUT2D eigenvalue weighted by Crippen LogP contribution is 2.14. The van der Waals surface area contributed by atoms with Gasteiger partial charge in [0.25, 0.3) is 11.5 Å². The van der Waals surface area contributed by atoms with Gasteiger partial charge in [-0.25, -0.2) is 0 Å². The number of aryl methyl sites for hydroxylation is 2. The third kappa shape index (κ3) is 5.13. The Morgan fingerprint density at radius 2 is 2.00 bits per heavy atom. The molecular weight excluding hydrogens is 370 g/mol. The zero-order valence-electron chi connectivity index (χ0n) is 17.8. The third-order valence-corrected chi connectivity index (χ3v) is 5.34. The van der Waals surface area contributed by atoms with E-state index in [0.717, 1.165) is 38.4 Å². The fourth-order valence-electron chi connectivity index (χ4n) is 3.56. The van der Waals surface area contributed by atoms with Crippen LogP contribution in [0.4, 0.5) is 0 Å². The first kappa shape index (κ1) is 21.3. The molecule has 1 amide bonds. The van der Waals surface area contributed by atoms with E-state index in [4.69, 9.17) is 4.74 Å². The summed E-state index contributed by atoms with van der Waals surface area (Å²) in [6.07, 6.45) is 5.43. The first-order chi connectivity index (χ1) is 13.9. The van der Waals surface area contributed by atoms with E-state index in [1.807, 2.05) is 40.1 Å². The Morgan fingerprint density at radius 3 is 2.62 bits per heavy atom. The molecule has 0 bridgehead atoms. The van der Waals surface area contributed by atoms with Crippen molar-refractivity contribution in [3.05, 3.63) is 51.7 Å². The maximum Gasteiger partial charge on any atom is 0.263 e. The Morgan fingerprint density at radius 1 is 1.28 bits per heavy atom. The van der Waals surface area contributed by atoms with E-state index < -0.39 is 0 Å². The molecule has 0 spiro atoms. The van der Waals surface area contributed by atoms with Crippen molar-refractivity contribution in [2.75, 3.05) is 32.8 Å². The molecule has 0 atom stereocenters. The molecule has 8 nitrogen and oxygen atoms in total. The van der Waals surface area contributed by atoms with Crippen LogP contribution in [0.5, 0.6) is 0 Å². The van der Waals surface area contributed by atoms with Gasteiger partial charge in [-0.3, -0.25) is 19.2 Å². The molecule has 0 aromatic carbocycles. The fourth-order valence-corrected chi connectivity index (χ4v) is 3.56. The first-order valence-corrected chi connectivity index (χ1v) is 10.2. The quantitative estimate of drug-likeness (QED) is 0.699. The van der Waals surface area contributed by atoms with E-state index in [1.165, 1.54) is 0 Å². The number of hydrogen-bond acceptors (Lipinski definition) is 5. The Bertz CT molecular complexity index is 896. The average Bonchev–Trinajstić information content (AvgIpc) is 3.11. The van der Waals surface area contributed by atoms with Gasteiger partial charge in [-0.05, 0) is 32.4 Å². The molecule has 8 heteroatoms. The molecule has 1 saturated heterocycles. The van der Waals surface area contributed by atoms with E-state index in [1.54, 1.807) is 26.5 Å². The van der Waals surface area contributed by atoms with Gasteiger partial charge in [0.15, 0.2) is 0 Å². The number of ether oxygens (including phenoxy) is 1. The summed E-state index contributed by atoms with van der Waals surface area (Å²) < 4.78 is 8.74. The number of amides is 1. The lowest BCUT2D eigenvalue weighted by atomic mass is 10.1. The molecule has 0 aliphatic carbocycles. The van der Waals surface area contributed by atoms with Gasteiger partial charge in [-0.1, -0.05) is 0 Å². The van der Waals surface area contributed by atoms with Crippen LogP contribution < -0.4 is 5.56 Å². The van der Waals surface area contributed by atoms with Gasteiger partial charge in [0.1, 0.15) is 5.56 Å². The topological polar surface area (TPSA) is 72.6 Å². The minimum atomic E-state index is -0.230. The van der Waals surface area contributed by atoms with Gasteiger partial charge in [-0.2, -0.15) is 5.10 Å². The third-order valence-electron chi connectivity index (χ3n) is 5.34. The van der Waals surface area contributed by atoms with E-state index in [0.29, 0.717) is 18.7 Å². The van der Waals surface area contributed by atoms with Crippen LogP contribution in [0.3, 0.4) is 0 Å². The maximum atomic E-state index is 13.4. The molecule has 3 heterocycles. The monoisotopic (exact) mass is 401 g/mol. The van der Waals surface area contributed by atoms with Gasteiger partial charge >= 0.3 is 0 Å². The molecule has 158 valence electrons. The molecule has 0 saturated carbocycles. The predicted octanol–water partition coefficient (Wildman–Crippen LogP) is 1.27. The highest BCUT2D eigenvalue weighted by atomic mass is 16.5. The predicted molar refractivity (Wildman–Crippen MR) is 111 cm³/mol. The molecule has 0 unspecified atom stereocenters.